The van der Waals surface area contributed by atoms with Gasteiger partial charge in [-0.25, -0.2) is 8.42 Å². The molecule has 0 radical (unpaired) electrons. The Hall–Kier alpha value is -1.85. The monoisotopic (exact) mass is 345 g/mol. The first-order valence-corrected chi connectivity index (χ1v) is 9.59. The summed E-state index contributed by atoms with van der Waals surface area (Å²) in [7, 11) is -1.82. The highest BCUT2D eigenvalue weighted by Gasteiger charge is 2.39. The fourth-order valence-corrected chi connectivity index (χ4v) is 5.10. The van der Waals surface area contributed by atoms with Crippen LogP contribution >= 0.6 is 0 Å². The molecule has 1 heterocycles. The van der Waals surface area contributed by atoms with Crippen molar-refractivity contribution in [2.75, 3.05) is 13.7 Å². The molecule has 5 heteroatoms. The van der Waals surface area contributed by atoms with Crippen LogP contribution in [0.2, 0.25) is 0 Å². The standard InChI is InChI=1S/C19H23NO3S/c1-14-8-10-17(11-9-14)24(21,22)20-13-16(12-15(20)2)18-6-4-5-7-19(18)23-3/h4-11,15-16H,12-13H2,1-3H3/t15-,16+/m0/s1. The summed E-state index contributed by atoms with van der Waals surface area (Å²) in [5.74, 6) is 0.973. The number of hydrogen-bond acceptors (Lipinski definition) is 3. The second kappa shape index (κ2) is 6.57. The molecule has 0 bridgehead atoms. The highest BCUT2D eigenvalue weighted by Crippen LogP contribution is 2.38. The quantitative estimate of drug-likeness (QED) is 0.851. The minimum absolute atomic E-state index is 0.0359. The Labute approximate surface area is 144 Å². The number of benzene rings is 2. The number of nitrogens with zero attached hydrogens (tertiary/aromatic N) is 1. The molecule has 1 aliphatic heterocycles. The zero-order valence-corrected chi connectivity index (χ0v) is 15.1. The fraction of sp³-hybridized carbons (Fsp3) is 0.368. The molecule has 24 heavy (non-hydrogen) atoms. The maximum Gasteiger partial charge on any atom is 0.243 e. The van der Waals surface area contributed by atoms with E-state index in [1.54, 1.807) is 23.5 Å². The second-order valence-electron chi connectivity index (χ2n) is 6.41. The van der Waals surface area contributed by atoms with Crippen LogP contribution in [0.3, 0.4) is 0 Å². The van der Waals surface area contributed by atoms with E-state index in [2.05, 4.69) is 0 Å². The summed E-state index contributed by atoms with van der Waals surface area (Å²) in [6, 6.07) is 14.9. The lowest BCUT2D eigenvalue weighted by Crippen LogP contribution is -2.34. The van der Waals surface area contributed by atoms with Gasteiger partial charge in [-0.2, -0.15) is 4.31 Å². The van der Waals surface area contributed by atoms with Gasteiger partial charge in [0, 0.05) is 18.5 Å². The van der Waals surface area contributed by atoms with Crippen molar-refractivity contribution in [1.29, 1.82) is 0 Å². The fourth-order valence-electron chi connectivity index (χ4n) is 3.41. The SMILES string of the molecule is COc1ccccc1[C@@H]1C[C@H](C)N(S(=O)(=O)c2ccc(C)cc2)C1. The van der Waals surface area contributed by atoms with Gasteiger partial charge in [-0.15, -0.1) is 0 Å². The van der Waals surface area contributed by atoms with Crippen molar-refractivity contribution in [3.63, 3.8) is 0 Å². The third kappa shape index (κ3) is 3.06. The van der Waals surface area contributed by atoms with Crippen molar-refractivity contribution >= 4 is 10.0 Å². The van der Waals surface area contributed by atoms with E-state index in [0.717, 1.165) is 23.3 Å². The Kier molecular flexibility index (Phi) is 4.65. The highest BCUT2D eigenvalue weighted by molar-refractivity contribution is 7.89. The van der Waals surface area contributed by atoms with Crippen LogP contribution in [-0.4, -0.2) is 32.4 Å². The zero-order valence-electron chi connectivity index (χ0n) is 14.3. The Morgan fingerprint density at radius 3 is 2.42 bits per heavy atom. The van der Waals surface area contributed by atoms with Crippen molar-refractivity contribution in [1.82, 2.24) is 4.31 Å². The molecule has 2 atom stereocenters. The van der Waals surface area contributed by atoms with Gasteiger partial charge in [-0.3, -0.25) is 0 Å². The first kappa shape index (κ1) is 17.0. The van der Waals surface area contributed by atoms with E-state index in [0.29, 0.717) is 11.4 Å². The Morgan fingerprint density at radius 2 is 1.75 bits per heavy atom. The molecular formula is C19H23NO3S. The summed E-state index contributed by atoms with van der Waals surface area (Å²) in [4.78, 5) is 0.362. The van der Waals surface area contributed by atoms with E-state index in [1.807, 2.05) is 50.2 Å². The van der Waals surface area contributed by atoms with Crippen LogP contribution in [0.1, 0.15) is 30.4 Å². The van der Waals surface area contributed by atoms with Crippen LogP contribution < -0.4 is 4.74 Å². The smallest absolute Gasteiger partial charge is 0.243 e. The van der Waals surface area contributed by atoms with Gasteiger partial charge in [0.2, 0.25) is 10.0 Å². The van der Waals surface area contributed by atoms with Crippen LogP contribution in [0.5, 0.6) is 5.75 Å². The average molecular weight is 345 g/mol. The van der Waals surface area contributed by atoms with Gasteiger partial charge in [0.25, 0.3) is 0 Å². The van der Waals surface area contributed by atoms with Crippen molar-refractivity contribution in [3.05, 3.63) is 59.7 Å². The van der Waals surface area contributed by atoms with Crippen molar-refractivity contribution < 1.29 is 13.2 Å². The number of sulfonamides is 1. The topological polar surface area (TPSA) is 46.6 Å². The lowest BCUT2D eigenvalue weighted by molar-refractivity contribution is 0.401. The molecule has 1 saturated heterocycles. The lowest BCUT2D eigenvalue weighted by Gasteiger charge is -2.21. The molecule has 0 N–H and O–H groups in total. The molecular weight excluding hydrogens is 322 g/mol. The van der Waals surface area contributed by atoms with Gasteiger partial charge in [0.15, 0.2) is 0 Å². The van der Waals surface area contributed by atoms with Crippen LogP contribution in [0.25, 0.3) is 0 Å². The van der Waals surface area contributed by atoms with E-state index in [-0.39, 0.29) is 12.0 Å². The number of ether oxygens (including phenoxy) is 1. The van der Waals surface area contributed by atoms with Gasteiger partial charge in [0.05, 0.1) is 12.0 Å². The summed E-state index contributed by atoms with van der Waals surface area (Å²) >= 11 is 0. The summed E-state index contributed by atoms with van der Waals surface area (Å²) < 4.78 is 33.0. The summed E-state index contributed by atoms with van der Waals surface area (Å²) in [5.41, 5.74) is 2.13. The Bertz CT molecular complexity index is 815. The number of aryl methyl sites for hydroxylation is 1. The molecule has 0 saturated carbocycles. The largest absolute Gasteiger partial charge is 0.496 e. The van der Waals surface area contributed by atoms with E-state index >= 15 is 0 Å². The van der Waals surface area contributed by atoms with Gasteiger partial charge < -0.3 is 4.74 Å². The maximum atomic E-state index is 13.0. The summed E-state index contributed by atoms with van der Waals surface area (Å²) in [5, 5.41) is 0. The van der Waals surface area contributed by atoms with Crippen LogP contribution in [0, 0.1) is 6.92 Å². The predicted molar refractivity (Wildman–Crippen MR) is 94.9 cm³/mol. The van der Waals surface area contributed by atoms with Crippen molar-refractivity contribution in [2.45, 2.75) is 37.1 Å². The van der Waals surface area contributed by atoms with Crippen LogP contribution in [0.15, 0.2) is 53.4 Å². The van der Waals surface area contributed by atoms with Crippen molar-refractivity contribution in [3.8, 4) is 5.75 Å². The zero-order chi connectivity index (χ0) is 17.3. The first-order chi connectivity index (χ1) is 11.4. The molecule has 0 aromatic heterocycles. The summed E-state index contributed by atoms with van der Waals surface area (Å²) in [6.45, 7) is 4.41. The van der Waals surface area contributed by atoms with E-state index in [1.165, 1.54) is 0 Å². The molecule has 0 aliphatic carbocycles. The Morgan fingerprint density at radius 1 is 1.08 bits per heavy atom. The molecule has 2 aromatic carbocycles. The molecule has 128 valence electrons. The van der Waals surface area contributed by atoms with E-state index in [4.69, 9.17) is 4.74 Å². The molecule has 2 aromatic rings. The lowest BCUT2D eigenvalue weighted by atomic mass is 9.96. The van der Waals surface area contributed by atoms with Gasteiger partial charge in [0.1, 0.15) is 5.75 Å². The molecule has 1 fully saturated rings. The van der Waals surface area contributed by atoms with Gasteiger partial charge >= 0.3 is 0 Å². The van der Waals surface area contributed by atoms with E-state index in [9.17, 15) is 8.42 Å². The molecule has 0 spiro atoms. The normalized spacial score (nSPS) is 21.8. The van der Waals surface area contributed by atoms with E-state index < -0.39 is 10.0 Å². The second-order valence-corrected chi connectivity index (χ2v) is 8.30. The van der Waals surface area contributed by atoms with Gasteiger partial charge in [-0.05, 0) is 44.0 Å². The first-order valence-electron chi connectivity index (χ1n) is 8.15. The molecule has 1 aliphatic rings. The minimum atomic E-state index is -3.47. The minimum Gasteiger partial charge on any atom is -0.496 e. The third-order valence-corrected chi connectivity index (χ3v) is 6.72. The molecule has 0 unspecified atom stereocenters. The van der Waals surface area contributed by atoms with Crippen LogP contribution in [0.4, 0.5) is 0 Å². The molecule has 4 nitrogen and oxygen atoms in total. The third-order valence-electron chi connectivity index (χ3n) is 4.72. The number of para-hydroxylation sites is 1. The number of methoxy groups -OCH3 is 1. The molecule has 3 rings (SSSR count). The maximum absolute atomic E-state index is 13.0. The predicted octanol–water partition coefficient (Wildman–Crippen LogP) is 3.57. The van der Waals surface area contributed by atoms with Crippen molar-refractivity contribution in [2.24, 2.45) is 0 Å². The summed E-state index contributed by atoms with van der Waals surface area (Å²) in [6.07, 6.45) is 0.797. The van der Waals surface area contributed by atoms with Gasteiger partial charge in [-0.1, -0.05) is 35.9 Å². The number of hydrogen-bond donors (Lipinski definition) is 0. The average Bonchev–Trinajstić information content (AvgIpc) is 2.97. The molecule has 0 amide bonds. The highest BCUT2D eigenvalue weighted by atomic mass is 32.2. The van der Waals surface area contributed by atoms with Crippen LogP contribution in [-0.2, 0) is 10.0 Å². The Balaban J connectivity index is 1.89. The number of rotatable bonds is 4.